The van der Waals surface area contributed by atoms with Crippen molar-refractivity contribution in [3.63, 3.8) is 0 Å². The van der Waals surface area contributed by atoms with Crippen LogP contribution in [0.15, 0.2) is 0 Å². The molecule has 2 N–H and O–H groups in total. The summed E-state index contributed by atoms with van der Waals surface area (Å²) in [6.45, 7) is 3.10. The van der Waals surface area contributed by atoms with Crippen LogP contribution in [0.3, 0.4) is 0 Å². The highest BCUT2D eigenvalue weighted by Crippen LogP contribution is 2.41. The van der Waals surface area contributed by atoms with E-state index in [0.29, 0.717) is 0 Å². The summed E-state index contributed by atoms with van der Waals surface area (Å²) in [7, 11) is 0. The normalized spacial score (nSPS) is 43.4. The third-order valence-electron chi connectivity index (χ3n) is 4.20. The van der Waals surface area contributed by atoms with E-state index >= 15 is 0 Å². The summed E-state index contributed by atoms with van der Waals surface area (Å²) in [4.78, 5) is 25.6. The van der Waals surface area contributed by atoms with Crippen LogP contribution < -0.4 is 0 Å². The number of aliphatic hydroxyl groups is 2. The molecule has 0 saturated carbocycles. The van der Waals surface area contributed by atoms with Gasteiger partial charge in [0.1, 0.15) is 12.2 Å². The molecule has 112 valence electrons. The first kappa shape index (κ1) is 13.7. The average Bonchev–Trinajstić information content (AvgIpc) is 2.81. The van der Waals surface area contributed by atoms with Crippen molar-refractivity contribution in [3.8, 4) is 0 Å². The predicted octanol–water partition coefficient (Wildman–Crippen LogP) is -2.13. The highest BCUT2D eigenvalue weighted by molar-refractivity contribution is 5.74. The van der Waals surface area contributed by atoms with E-state index in [1.54, 1.807) is 0 Å². The fourth-order valence-electron chi connectivity index (χ4n) is 3.02. The second-order valence-electron chi connectivity index (χ2n) is 5.70. The van der Waals surface area contributed by atoms with Crippen LogP contribution in [-0.2, 0) is 19.1 Å². The van der Waals surface area contributed by atoms with Crippen molar-refractivity contribution >= 4 is 11.8 Å². The zero-order valence-electron chi connectivity index (χ0n) is 11.4. The lowest BCUT2D eigenvalue weighted by Crippen LogP contribution is -2.63. The minimum absolute atomic E-state index is 0.000346. The van der Waals surface area contributed by atoms with Crippen LogP contribution in [0, 0.1) is 0 Å². The van der Waals surface area contributed by atoms with Gasteiger partial charge in [0, 0.05) is 13.8 Å². The van der Waals surface area contributed by atoms with Gasteiger partial charge in [-0.25, -0.2) is 0 Å². The van der Waals surface area contributed by atoms with Crippen LogP contribution in [0.5, 0.6) is 0 Å². The molecule has 0 aliphatic carbocycles. The molecule has 0 aromatic carbocycles. The van der Waals surface area contributed by atoms with Gasteiger partial charge in [0.2, 0.25) is 23.4 Å². The summed E-state index contributed by atoms with van der Waals surface area (Å²) < 4.78 is 11.2. The number of fused-ring (bicyclic) bond motifs is 2. The van der Waals surface area contributed by atoms with E-state index in [2.05, 4.69) is 0 Å². The van der Waals surface area contributed by atoms with Crippen LogP contribution in [0.1, 0.15) is 13.8 Å². The van der Waals surface area contributed by atoms with E-state index in [1.165, 1.54) is 23.6 Å². The molecule has 0 radical (unpaired) electrons. The second-order valence-corrected chi connectivity index (χ2v) is 5.70. The van der Waals surface area contributed by atoms with Gasteiger partial charge in [0.25, 0.3) is 0 Å². The van der Waals surface area contributed by atoms with Crippen molar-refractivity contribution in [2.24, 2.45) is 0 Å². The predicted molar refractivity (Wildman–Crippen MR) is 64.2 cm³/mol. The molecule has 3 saturated heterocycles. The molecule has 0 aromatic heterocycles. The SMILES string of the molecule is CC(=O)N1CC2OC3(O)CN(C(C)=O)CC3OC2(O)C1. The number of rotatable bonds is 0. The lowest BCUT2D eigenvalue weighted by molar-refractivity contribution is -0.396. The number of amides is 2. The standard InChI is InChI=1S/C12H18N2O6/c1-7(15)13-3-9-11(17,5-13)20-10-4-14(8(2)16)6-12(10,18)19-9/h9-10,17-18H,3-6H2,1-2H3. The summed E-state index contributed by atoms with van der Waals surface area (Å²) in [6.07, 6.45) is -1.64. The maximum Gasteiger partial charge on any atom is 0.219 e. The highest BCUT2D eigenvalue weighted by atomic mass is 16.7. The van der Waals surface area contributed by atoms with Gasteiger partial charge in [-0.1, -0.05) is 0 Å². The van der Waals surface area contributed by atoms with Gasteiger partial charge in [-0.2, -0.15) is 0 Å². The van der Waals surface area contributed by atoms with Crippen LogP contribution >= 0.6 is 0 Å². The zero-order chi connectivity index (χ0) is 14.7. The highest BCUT2D eigenvalue weighted by Gasteiger charge is 2.63. The molecule has 3 aliphatic heterocycles. The number of carbonyl (C=O) groups is 2. The zero-order valence-corrected chi connectivity index (χ0v) is 11.4. The summed E-state index contributed by atoms with van der Waals surface area (Å²) in [5.74, 6) is -3.64. The fourth-order valence-corrected chi connectivity index (χ4v) is 3.02. The van der Waals surface area contributed by atoms with Crippen LogP contribution in [0.25, 0.3) is 0 Å². The third kappa shape index (κ3) is 1.91. The maximum atomic E-state index is 11.4. The average molecular weight is 286 g/mol. The third-order valence-corrected chi connectivity index (χ3v) is 4.20. The Morgan fingerprint density at radius 1 is 0.950 bits per heavy atom. The number of hydrogen-bond donors (Lipinski definition) is 2. The molecule has 0 spiro atoms. The minimum atomic E-state index is -1.63. The lowest BCUT2D eigenvalue weighted by atomic mass is 10.1. The number of ether oxygens (including phenoxy) is 2. The van der Waals surface area contributed by atoms with Gasteiger partial charge >= 0.3 is 0 Å². The number of carbonyl (C=O) groups excluding carboxylic acids is 2. The topological polar surface area (TPSA) is 99.5 Å². The molecule has 8 heteroatoms. The number of likely N-dealkylation sites (tertiary alicyclic amines) is 2. The molecular weight excluding hydrogens is 268 g/mol. The first-order valence-corrected chi connectivity index (χ1v) is 6.55. The summed E-state index contributed by atoms with van der Waals surface area (Å²) >= 11 is 0. The van der Waals surface area contributed by atoms with Gasteiger partial charge < -0.3 is 29.5 Å². The first-order chi connectivity index (χ1) is 9.23. The van der Waals surface area contributed by atoms with Crippen molar-refractivity contribution in [3.05, 3.63) is 0 Å². The quantitative estimate of drug-likeness (QED) is 0.528. The molecule has 2 amide bonds. The van der Waals surface area contributed by atoms with Crippen LogP contribution in [-0.4, -0.2) is 81.8 Å². The van der Waals surface area contributed by atoms with E-state index in [-0.39, 0.29) is 38.0 Å². The Bertz CT molecular complexity index is 429. The van der Waals surface area contributed by atoms with E-state index in [9.17, 15) is 19.8 Å². The van der Waals surface area contributed by atoms with E-state index in [1.807, 2.05) is 0 Å². The Morgan fingerprint density at radius 2 is 1.30 bits per heavy atom. The van der Waals surface area contributed by atoms with Gasteiger partial charge in [-0.15, -0.1) is 0 Å². The Kier molecular flexibility index (Phi) is 2.85. The molecule has 3 aliphatic rings. The van der Waals surface area contributed by atoms with Crippen LogP contribution in [0.4, 0.5) is 0 Å². The summed E-state index contributed by atoms with van der Waals surface area (Å²) in [5.41, 5.74) is 0. The van der Waals surface area contributed by atoms with Crippen molar-refractivity contribution in [2.45, 2.75) is 37.6 Å². The van der Waals surface area contributed by atoms with Crippen molar-refractivity contribution in [2.75, 3.05) is 26.2 Å². The summed E-state index contributed by atoms with van der Waals surface area (Å²) in [6, 6.07) is 0. The Morgan fingerprint density at radius 3 is 1.60 bits per heavy atom. The smallest absolute Gasteiger partial charge is 0.219 e. The molecular formula is C12H18N2O6. The first-order valence-electron chi connectivity index (χ1n) is 6.55. The van der Waals surface area contributed by atoms with Gasteiger partial charge in [0.15, 0.2) is 0 Å². The Hall–Kier alpha value is -1.22. The van der Waals surface area contributed by atoms with Crippen molar-refractivity contribution in [1.82, 2.24) is 9.80 Å². The number of nitrogens with zero attached hydrogens (tertiary/aromatic N) is 2. The summed E-state index contributed by atoms with van der Waals surface area (Å²) in [5, 5.41) is 20.9. The van der Waals surface area contributed by atoms with Gasteiger partial charge in [-0.05, 0) is 0 Å². The lowest BCUT2D eigenvalue weighted by Gasteiger charge is -2.43. The van der Waals surface area contributed by atoms with Crippen LogP contribution in [0.2, 0.25) is 0 Å². The molecule has 3 rings (SSSR count). The molecule has 8 nitrogen and oxygen atoms in total. The molecule has 4 unspecified atom stereocenters. The Balaban J connectivity index is 1.81. The number of β-amino-alcohol motifs (C(OH)–C–C–N with tert-alkyl or cyclic N) is 2. The molecule has 3 heterocycles. The van der Waals surface area contributed by atoms with E-state index < -0.39 is 23.8 Å². The van der Waals surface area contributed by atoms with E-state index in [0.717, 1.165) is 0 Å². The maximum absolute atomic E-state index is 11.4. The van der Waals surface area contributed by atoms with Gasteiger partial charge in [0.05, 0.1) is 26.2 Å². The molecule has 20 heavy (non-hydrogen) atoms. The number of hydrogen-bond acceptors (Lipinski definition) is 6. The van der Waals surface area contributed by atoms with Gasteiger partial charge in [-0.3, -0.25) is 9.59 Å². The van der Waals surface area contributed by atoms with E-state index in [4.69, 9.17) is 9.47 Å². The minimum Gasteiger partial charge on any atom is -0.362 e. The fraction of sp³-hybridized carbons (Fsp3) is 0.833. The monoisotopic (exact) mass is 286 g/mol. The van der Waals surface area contributed by atoms with Crippen molar-refractivity contribution < 1.29 is 29.3 Å². The molecule has 0 aromatic rings. The molecule has 3 fully saturated rings. The van der Waals surface area contributed by atoms with Crippen molar-refractivity contribution in [1.29, 1.82) is 0 Å². The second kappa shape index (κ2) is 4.14. The largest absolute Gasteiger partial charge is 0.362 e. The Labute approximate surface area is 115 Å². The molecule has 4 atom stereocenters. The molecule has 0 bridgehead atoms.